The Morgan fingerprint density at radius 2 is 2.06 bits per heavy atom. The third kappa shape index (κ3) is 1.21. The highest BCUT2D eigenvalue weighted by Crippen LogP contribution is 2.40. The highest BCUT2D eigenvalue weighted by molar-refractivity contribution is 9.13. The number of nitrogens with two attached hydrogens (primary N) is 1. The SMILES string of the molecule is Cc1c(Br)c(Br)c2c3c1nc(N)n3CCC2. The minimum Gasteiger partial charge on any atom is -0.369 e. The smallest absolute Gasteiger partial charge is 0.201 e. The number of nitrogen functional groups attached to an aromatic ring is 1. The second-order valence-corrected chi connectivity index (χ2v) is 5.74. The normalized spacial score (nSPS) is 14.7. The number of rotatable bonds is 0. The van der Waals surface area contributed by atoms with Gasteiger partial charge < -0.3 is 10.3 Å². The number of benzene rings is 1. The van der Waals surface area contributed by atoms with Gasteiger partial charge in [0.25, 0.3) is 0 Å². The number of anilines is 1. The van der Waals surface area contributed by atoms with E-state index in [1.165, 1.54) is 11.1 Å². The van der Waals surface area contributed by atoms with E-state index in [1.54, 1.807) is 0 Å². The monoisotopic (exact) mass is 343 g/mol. The zero-order valence-corrected chi connectivity index (χ0v) is 12.0. The molecule has 0 spiro atoms. The fraction of sp³-hybridized carbons (Fsp3) is 0.364. The molecule has 0 atom stereocenters. The number of aryl methyl sites for hydroxylation is 3. The maximum absolute atomic E-state index is 5.96. The standard InChI is InChI=1S/C11H11Br2N3/c1-5-7(12)8(13)6-3-2-4-16-10(6)9(5)15-11(16)14/h2-4H2,1H3,(H2,14,15). The van der Waals surface area contributed by atoms with E-state index in [1.807, 2.05) is 0 Å². The first-order valence-corrected chi connectivity index (χ1v) is 6.82. The third-order valence-electron chi connectivity index (χ3n) is 3.23. The summed E-state index contributed by atoms with van der Waals surface area (Å²) in [6.45, 7) is 3.04. The van der Waals surface area contributed by atoms with E-state index in [4.69, 9.17) is 5.73 Å². The maximum Gasteiger partial charge on any atom is 0.201 e. The van der Waals surface area contributed by atoms with Crippen LogP contribution in [0, 0.1) is 6.92 Å². The van der Waals surface area contributed by atoms with Crippen LogP contribution in [-0.2, 0) is 13.0 Å². The van der Waals surface area contributed by atoms with Crippen molar-refractivity contribution in [1.29, 1.82) is 0 Å². The minimum absolute atomic E-state index is 0.629. The molecule has 0 aliphatic carbocycles. The van der Waals surface area contributed by atoms with Crippen molar-refractivity contribution >= 4 is 48.8 Å². The molecule has 0 saturated carbocycles. The summed E-state index contributed by atoms with van der Waals surface area (Å²) >= 11 is 7.27. The molecular formula is C11H11Br2N3. The number of halogens is 2. The largest absolute Gasteiger partial charge is 0.369 e. The van der Waals surface area contributed by atoms with E-state index in [9.17, 15) is 0 Å². The quantitative estimate of drug-likeness (QED) is 0.796. The highest BCUT2D eigenvalue weighted by atomic mass is 79.9. The maximum atomic E-state index is 5.96. The summed E-state index contributed by atoms with van der Waals surface area (Å²) in [7, 11) is 0. The molecule has 5 heteroatoms. The van der Waals surface area contributed by atoms with Crippen molar-refractivity contribution in [3.63, 3.8) is 0 Å². The molecule has 0 fully saturated rings. The average molecular weight is 345 g/mol. The number of imidazole rings is 1. The molecule has 16 heavy (non-hydrogen) atoms. The predicted molar refractivity (Wildman–Crippen MR) is 72.6 cm³/mol. The molecule has 1 aliphatic heterocycles. The van der Waals surface area contributed by atoms with Crippen LogP contribution in [0.2, 0.25) is 0 Å². The molecule has 2 N–H and O–H groups in total. The van der Waals surface area contributed by atoms with Gasteiger partial charge in [-0.2, -0.15) is 0 Å². The van der Waals surface area contributed by atoms with Crippen LogP contribution in [0.1, 0.15) is 17.5 Å². The van der Waals surface area contributed by atoms with E-state index >= 15 is 0 Å². The fourth-order valence-electron chi connectivity index (χ4n) is 2.41. The van der Waals surface area contributed by atoms with Crippen LogP contribution in [0.3, 0.4) is 0 Å². The Bertz CT molecular complexity index is 601. The van der Waals surface area contributed by atoms with E-state index in [-0.39, 0.29) is 0 Å². The van der Waals surface area contributed by atoms with Crippen LogP contribution < -0.4 is 5.73 Å². The van der Waals surface area contributed by atoms with E-state index in [0.29, 0.717) is 5.95 Å². The number of hydrogen-bond donors (Lipinski definition) is 1. The molecule has 1 aliphatic rings. The van der Waals surface area contributed by atoms with Gasteiger partial charge in [-0.3, -0.25) is 0 Å². The summed E-state index contributed by atoms with van der Waals surface area (Å²) in [6.07, 6.45) is 2.21. The highest BCUT2D eigenvalue weighted by Gasteiger charge is 2.22. The third-order valence-corrected chi connectivity index (χ3v) is 5.63. The second kappa shape index (κ2) is 3.47. The zero-order chi connectivity index (χ0) is 11.4. The first-order chi connectivity index (χ1) is 7.61. The summed E-state index contributed by atoms with van der Waals surface area (Å²) in [5.74, 6) is 0.629. The van der Waals surface area contributed by atoms with Crippen molar-refractivity contribution in [1.82, 2.24) is 9.55 Å². The van der Waals surface area contributed by atoms with Crippen molar-refractivity contribution < 1.29 is 0 Å². The van der Waals surface area contributed by atoms with Crippen LogP contribution >= 0.6 is 31.9 Å². The van der Waals surface area contributed by atoms with Crippen molar-refractivity contribution in [2.45, 2.75) is 26.3 Å². The van der Waals surface area contributed by atoms with Gasteiger partial charge in [0.15, 0.2) is 0 Å². The van der Waals surface area contributed by atoms with Crippen LogP contribution in [0.4, 0.5) is 5.95 Å². The lowest BCUT2D eigenvalue weighted by Crippen LogP contribution is -2.11. The van der Waals surface area contributed by atoms with Gasteiger partial charge in [-0.15, -0.1) is 0 Å². The lowest BCUT2D eigenvalue weighted by atomic mass is 10.0. The summed E-state index contributed by atoms with van der Waals surface area (Å²) in [5.41, 5.74) is 10.7. The Kier molecular flexibility index (Phi) is 2.30. The van der Waals surface area contributed by atoms with Crippen LogP contribution in [-0.4, -0.2) is 9.55 Å². The Morgan fingerprint density at radius 1 is 1.31 bits per heavy atom. The second-order valence-electron chi connectivity index (χ2n) is 4.15. The van der Waals surface area contributed by atoms with Gasteiger partial charge in [0.1, 0.15) is 0 Å². The molecule has 0 radical (unpaired) electrons. The molecule has 0 saturated heterocycles. The summed E-state index contributed by atoms with van der Waals surface area (Å²) in [6, 6.07) is 0. The molecule has 1 aromatic heterocycles. The molecule has 2 aromatic rings. The molecule has 1 aromatic carbocycles. The topological polar surface area (TPSA) is 43.8 Å². The minimum atomic E-state index is 0.629. The number of aromatic nitrogens is 2. The molecule has 2 heterocycles. The van der Waals surface area contributed by atoms with Gasteiger partial charge in [0, 0.05) is 15.5 Å². The zero-order valence-electron chi connectivity index (χ0n) is 8.85. The van der Waals surface area contributed by atoms with Gasteiger partial charge in [-0.25, -0.2) is 4.98 Å². The van der Waals surface area contributed by atoms with Crippen molar-refractivity contribution in [2.24, 2.45) is 0 Å². The van der Waals surface area contributed by atoms with Crippen LogP contribution in [0.5, 0.6) is 0 Å². The predicted octanol–water partition coefficient (Wildman–Crippen LogP) is 3.40. The summed E-state index contributed by atoms with van der Waals surface area (Å²) in [4.78, 5) is 4.48. The number of hydrogen-bond acceptors (Lipinski definition) is 2. The molecule has 0 amide bonds. The van der Waals surface area contributed by atoms with Crippen molar-refractivity contribution in [3.05, 3.63) is 20.1 Å². The van der Waals surface area contributed by atoms with Gasteiger partial charge >= 0.3 is 0 Å². The van der Waals surface area contributed by atoms with Crippen LogP contribution in [0.15, 0.2) is 8.95 Å². The molecule has 0 unspecified atom stereocenters. The average Bonchev–Trinajstić information content (AvgIpc) is 2.63. The Morgan fingerprint density at radius 3 is 2.81 bits per heavy atom. The molecule has 3 rings (SSSR count). The van der Waals surface area contributed by atoms with Gasteiger partial charge in [0.2, 0.25) is 5.95 Å². The van der Waals surface area contributed by atoms with Gasteiger partial charge in [-0.05, 0) is 62.8 Å². The van der Waals surface area contributed by atoms with Crippen molar-refractivity contribution in [2.75, 3.05) is 5.73 Å². The summed E-state index contributed by atoms with van der Waals surface area (Å²) < 4.78 is 4.37. The Hall–Kier alpha value is -0.550. The Balaban J connectivity index is 2.57. The van der Waals surface area contributed by atoms with Gasteiger partial charge in [-0.1, -0.05) is 0 Å². The van der Waals surface area contributed by atoms with Crippen LogP contribution in [0.25, 0.3) is 11.0 Å². The fourth-order valence-corrected chi connectivity index (χ4v) is 3.52. The summed E-state index contributed by atoms with van der Waals surface area (Å²) in [5, 5.41) is 0. The van der Waals surface area contributed by atoms with Crippen molar-refractivity contribution in [3.8, 4) is 0 Å². The molecule has 0 bridgehead atoms. The lowest BCUT2D eigenvalue weighted by molar-refractivity contribution is 0.638. The van der Waals surface area contributed by atoms with Gasteiger partial charge in [0.05, 0.1) is 11.0 Å². The first kappa shape index (κ1) is 10.6. The number of nitrogens with zero attached hydrogens (tertiary/aromatic N) is 2. The Labute approximate surface area is 110 Å². The molecule has 3 nitrogen and oxygen atoms in total. The van der Waals surface area contributed by atoms with E-state index in [2.05, 4.69) is 48.3 Å². The molecular weight excluding hydrogens is 334 g/mol. The first-order valence-electron chi connectivity index (χ1n) is 5.23. The molecule has 84 valence electrons. The van der Waals surface area contributed by atoms with E-state index < -0.39 is 0 Å². The van der Waals surface area contributed by atoms with E-state index in [0.717, 1.165) is 39.4 Å². The lowest BCUT2D eigenvalue weighted by Gasteiger charge is -2.18.